The smallest absolute Gasteiger partial charge is 0.410 e. The molecule has 0 atom stereocenters. The lowest BCUT2D eigenvalue weighted by Crippen LogP contribution is -2.42. The van der Waals surface area contributed by atoms with Crippen molar-refractivity contribution < 1.29 is 14.6 Å². The SMILES string of the molecule is CCC(C)(C)OC(=O)N1CCC(Cn2nc(-c3ccc4cc(O)ccc4c3)c3c(N)ncnc32)CC1. The van der Waals surface area contributed by atoms with Gasteiger partial charge in [-0.1, -0.05) is 25.1 Å². The average molecular weight is 489 g/mol. The number of nitrogens with two attached hydrogens (primary N) is 1. The van der Waals surface area contributed by atoms with Gasteiger partial charge in [0.2, 0.25) is 0 Å². The van der Waals surface area contributed by atoms with Crippen molar-refractivity contribution in [2.45, 2.75) is 52.2 Å². The Bertz CT molecular complexity index is 1420. The lowest BCUT2D eigenvalue weighted by atomic mass is 9.97. The molecule has 3 N–H and O–H groups in total. The molecule has 2 aromatic heterocycles. The molecule has 0 aliphatic carbocycles. The van der Waals surface area contributed by atoms with E-state index < -0.39 is 5.60 Å². The van der Waals surface area contributed by atoms with Crippen LogP contribution < -0.4 is 5.73 Å². The van der Waals surface area contributed by atoms with Crippen molar-refractivity contribution in [2.75, 3.05) is 18.8 Å². The first kappa shape index (κ1) is 23.8. The van der Waals surface area contributed by atoms with Gasteiger partial charge in [-0.15, -0.1) is 0 Å². The first-order chi connectivity index (χ1) is 17.2. The molecule has 2 aromatic carbocycles. The summed E-state index contributed by atoms with van der Waals surface area (Å²) in [7, 11) is 0. The molecule has 9 nitrogen and oxygen atoms in total. The van der Waals surface area contributed by atoms with Gasteiger partial charge in [-0.25, -0.2) is 19.4 Å². The van der Waals surface area contributed by atoms with Crippen LogP contribution in [0, 0.1) is 5.92 Å². The van der Waals surface area contributed by atoms with Crippen LogP contribution in [0.3, 0.4) is 0 Å². The minimum absolute atomic E-state index is 0.232. The van der Waals surface area contributed by atoms with Crippen molar-refractivity contribution in [2.24, 2.45) is 5.92 Å². The van der Waals surface area contributed by atoms with Gasteiger partial charge < -0.3 is 20.5 Å². The van der Waals surface area contributed by atoms with Gasteiger partial charge in [0, 0.05) is 25.2 Å². The van der Waals surface area contributed by atoms with Crippen molar-refractivity contribution in [3.05, 3.63) is 42.7 Å². The predicted octanol–water partition coefficient (Wildman–Crippen LogP) is 4.97. The summed E-state index contributed by atoms with van der Waals surface area (Å²) in [5, 5.41) is 17.4. The molecule has 0 unspecified atom stereocenters. The molecule has 188 valence electrons. The number of hydrogen-bond acceptors (Lipinski definition) is 7. The third-order valence-corrected chi connectivity index (χ3v) is 7.17. The lowest BCUT2D eigenvalue weighted by molar-refractivity contribution is 0.00522. The normalized spacial score (nSPS) is 15.0. The summed E-state index contributed by atoms with van der Waals surface area (Å²) in [6, 6.07) is 11.3. The number of hydrogen-bond donors (Lipinski definition) is 2. The molecule has 4 aromatic rings. The highest BCUT2D eigenvalue weighted by atomic mass is 16.6. The van der Waals surface area contributed by atoms with Crippen LogP contribution in [0.15, 0.2) is 42.7 Å². The molecule has 0 saturated carbocycles. The number of phenols is 1. The van der Waals surface area contributed by atoms with E-state index in [1.807, 2.05) is 49.7 Å². The Kier molecular flexibility index (Phi) is 6.15. The Labute approximate surface area is 209 Å². The van der Waals surface area contributed by atoms with Crippen LogP contribution in [0.4, 0.5) is 10.6 Å². The highest BCUT2D eigenvalue weighted by molar-refractivity contribution is 6.00. The number of benzene rings is 2. The van der Waals surface area contributed by atoms with Gasteiger partial charge in [0.25, 0.3) is 0 Å². The second-order valence-electron chi connectivity index (χ2n) is 10.1. The van der Waals surface area contributed by atoms with E-state index in [1.54, 1.807) is 17.0 Å². The summed E-state index contributed by atoms with van der Waals surface area (Å²) in [6.45, 7) is 7.88. The number of anilines is 1. The Morgan fingerprint density at radius 3 is 2.61 bits per heavy atom. The minimum atomic E-state index is -0.457. The zero-order valence-electron chi connectivity index (χ0n) is 20.9. The number of aromatic nitrogens is 4. The Balaban J connectivity index is 1.38. The minimum Gasteiger partial charge on any atom is -0.508 e. The third kappa shape index (κ3) is 4.65. The number of rotatable bonds is 5. The fourth-order valence-electron chi connectivity index (χ4n) is 4.66. The summed E-state index contributed by atoms with van der Waals surface area (Å²) in [5.74, 6) is 0.971. The van der Waals surface area contributed by atoms with Crippen LogP contribution in [0.2, 0.25) is 0 Å². The van der Waals surface area contributed by atoms with Gasteiger partial charge in [0.15, 0.2) is 5.65 Å². The standard InChI is InChI=1S/C27H32N6O3/c1-4-27(2,3)36-26(35)32-11-9-17(10-12-32)15-33-25-22(24(28)29-16-30-25)23(31-33)20-6-5-19-14-21(34)8-7-18(19)13-20/h5-8,13-14,16-17,34H,4,9-12,15H2,1-3H3,(H2,28,29,30). The molecule has 3 heterocycles. The number of fused-ring (bicyclic) bond motifs is 2. The van der Waals surface area contributed by atoms with Gasteiger partial charge in [-0.05, 0) is 68.0 Å². The Hall–Kier alpha value is -3.88. The molecule has 1 fully saturated rings. The molecule has 36 heavy (non-hydrogen) atoms. The van der Waals surface area contributed by atoms with Crippen LogP contribution in [0.5, 0.6) is 5.75 Å². The van der Waals surface area contributed by atoms with Crippen LogP contribution >= 0.6 is 0 Å². The number of likely N-dealkylation sites (tertiary alicyclic amines) is 1. The highest BCUT2D eigenvalue weighted by Crippen LogP contribution is 2.33. The maximum Gasteiger partial charge on any atom is 0.410 e. The average Bonchev–Trinajstić information content (AvgIpc) is 3.23. The number of amides is 1. The topological polar surface area (TPSA) is 119 Å². The largest absolute Gasteiger partial charge is 0.508 e. The maximum absolute atomic E-state index is 12.6. The van der Waals surface area contributed by atoms with Crippen molar-refractivity contribution in [3.8, 4) is 17.0 Å². The molecule has 0 spiro atoms. The van der Waals surface area contributed by atoms with Crippen molar-refractivity contribution in [1.82, 2.24) is 24.6 Å². The number of phenolic OH excluding ortho intramolecular Hbond substituents is 1. The first-order valence-corrected chi connectivity index (χ1v) is 12.4. The molecule has 1 aliphatic heterocycles. The van der Waals surface area contributed by atoms with Crippen LogP contribution in [0.25, 0.3) is 33.1 Å². The lowest BCUT2D eigenvalue weighted by Gasteiger charge is -2.34. The van der Waals surface area contributed by atoms with E-state index in [1.165, 1.54) is 6.33 Å². The molecule has 0 bridgehead atoms. The maximum atomic E-state index is 12.6. The predicted molar refractivity (Wildman–Crippen MR) is 139 cm³/mol. The number of ether oxygens (including phenoxy) is 1. The zero-order chi connectivity index (χ0) is 25.4. The monoisotopic (exact) mass is 488 g/mol. The summed E-state index contributed by atoms with van der Waals surface area (Å²) >= 11 is 0. The van der Waals surface area contributed by atoms with Crippen LogP contribution in [-0.4, -0.2) is 54.5 Å². The Morgan fingerprint density at radius 2 is 1.86 bits per heavy atom. The fourth-order valence-corrected chi connectivity index (χ4v) is 4.66. The molecule has 1 saturated heterocycles. The molecular formula is C27H32N6O3. The summed E-state index contributed by atoms with van der Waals surface area (Å²) in [5.41, 5.74) is 8.19. The number of aromatic hydroxyl groups is 1. The fraction of sp³-hybridized carbons (Fsp3) is 0.407. The van der Waals surface area contributed by atoms with Crippen LogP contribution in [0.1, 0.15) is 40.0 Å². The molecule has 5 rings (SSSR count). The molecule has 1 aliphatic rings. The van der Waals surface area contributed by atoms with E-state index in [4.69, 9.17) is 15.6 Å². The molecule has 1 amide bonds. The highest BCUT2D eigenvalue weighted by Gasteiger charge is 2.29. The third-order valence-electron chi connectivity index (χ3n) is 7.17. The van der Waals surface area contributed by atoms with E-state index in [-0.39, 0.29) is 11.8 Å². The molecule has 0 radical (unpaired) electrons. The number of nitrogen functional groups attached to an aromatic ring is 1. The number of nitrogens with zero attached hydrogens (tertiary/aromatic N) is 5. The second kappa shape index (κ2) is 9.29. The van der Waals surface area contributed by atoms with Crippen molar-refractivity contribution >= 4 is 33.7 Å². The number of carbonyl (C=O) groups is 1. The van der Waals surface area contributed by atoms with Gasteiger partial charge in [0.05, 0.1) is 5.39 Å². The first-order valence-electron chi connectivity index (χ1n) is 12.4. The van der Waals surface area contributed by atoms with E-state index in [0.717, 1.165) is 46.7 Å². The molecule has 9 heteroatoms. The zero-order valence-corrected chi connectivity index (χ0v) is 20.9. The van der Waals surface area contributed by atoms with Gasteiger partial charge in [0.1, 0.15) is 29.2 Å². The van der Waals surface area contributed by atoms with E-state index in [2.05, 4.69) is 9.97 Å². The van der Waals surface area contributed by atoms with E-state index in [9.17, 15) is 9.90 Å². The second-order valence-corrected chi connectivity index (χ2v) is 10.1. The quantitative estimate of drug-likeness (QED) is 0.407. The van der Waals surface area contributed by atoms with Crippen LogP contribution in [-0.2, 0) is 11.3 Å². The summed E-state index contributed by atoms with van der Waals surface area (Å²) in [6.07, 6.45) is 3.72. The summed E-state index contributed by atoms with van der Waals surface area (Å²) < 4.78 is 7.58. The van der Waals surface area contributed by atoms with E-state index >= 15 is 0 Å². The number of piperidine rings is 1. The van der Waals surface area contributed by atoms with Gasteiger partial charge >= 0.3 is 6.09 Å². The summed E-state index contributed by atoms with van der Waals surface area (Å²) in [4.78, 5) is 23.1. The van der Waals surface area contributed by atoms with Gasteiger partial charge in [-0.3, -0.25) is 0 Å². The Morgan fingerprint density at radius 1 is 1.14 bits per heavy atom. The van der Waals surface area contributed by atoms with Gasteiger partial charge in [-0.2, -0.15) is 5.10 Å². The van der Waals surface area contributed by atoms with Crippen molar-refractivity contribution in [3.63, 3.8) is 0 Å². The van der Waals surface area contributed by atoms with Crippen molar-refractivity contribution in [1.29, 1.82) is 0 Å². The van der Waals surface area contributed by atoms with E-state index in [0.29, 0.717) is 37.0 Å². The molecular weight excluding hydrogens is 456 g/mol. The number of carbonyl (C=O) groups excluding carboxylic acids is 1.